The largest absolute Gasteiger partial charge is 0.350 e. The highest BCUT2D eigenvalue weighted by molar-refractivity contribution is 5.77. The Morgan fingerprint density at radius 1 is 1.39 bits per heavy atom. The van der Waals surface area contributed by atoms with Gasteiger partial charge in [0.2, 0.25) is 5.91 Å². The van der Waals surface area contributed by atoms with Crippen molar-refractivity contribution in [1.29, 1.82) is 0 Å². The van der Waals surface area contributed by atoms with E-state index in [4.69, 9.17) is 0 Å². The first-order chi connectivity index (χ1) is 11.0. The summed E-state index contributed by atoms with van der Waals surface area (Å²) >= 11 is 0. The summed E-state index contributed by atoms with van der Waals surface area (Å²) in [6.45, 7) is 4.49. The van der Waals surface area contributed by atoms with E-state index < -0.39 is 0 Å². The molecule has 126 valence electrons. The highest BCUT2D eigenvalue weighted by Crippen LogP contribution is 2.39. The summed E-state index contributed by atoms with van der Waals surface area (Å²) in [5.41, 5.74) is 2.69. The molecule has 0 spiro atoms. The van der Waals surface area contributed by atoms with Gasteiger partial charge in [-0.15, -0.1) is 0 Å². The van der Waals surface area contributed by atoms with Crippen LogP contribution < -0.4 is 5.32 Å². The Kier molecular flexibility index (Phi) is 5.05. The van der Waals surface area contributed by atoms with Crippen LogP contribution in [-0.2, 0) is 11.2 Å². The van der Waals surface area contributed by atoms with Crippen LogP contribution in [0.15, 0.2) is 24.3 Å². The smallest absolute Gasteiger partial charge is 0.220 e. The van der Waals surface area contributed by atoms with Crippen molar-refractivity contribution < 1.29 is 4.79 Å². The second-order valence-electron chi connectivity index (χ2n) is 7.80. The number of amides is 1. The van der Waals surface area contributed by atoms with Crippen LogP contribution >= 0.6 is 0 Å². The maximum atomic E-state index is 12.4. The quantitative estimate of drug-likeness (QED) is 0.874. The minimum atomic E-state index is 0.0498. The Balaban J connectivity index is 1.45. The third-order valence-corrected chi connectivity index (χ3v) is 5.38. The maximum Gasteiger partial charge on any atom is 0.220 e. The van der Waals surface area contributed by atoms with Crippen molar-refractivity contribution in [3.8, 4) is 0 Å². The van der Waals surface area contributed by atoms with Crippen molar-refractivity contribution >= 4 is 5.91 Å². The van der Waals surface area contributed by atoms with Gasteiger partial charge in [0.05, 0.1) is 0 Å². The minimum absolute atomic E-state index is 0.0498. The number of rotatable bonds is 6. The monoisotopic (exact) mass is 314 g/mol. The van der Waals surface area contributed by atoms with Gasteiger partial charge < -0.3 is 10.2 Å². The number of hydrogen-bond donors (Lipinski definition) is 1. The summed E-state index contributed by atoms with van der Waals surface area (Å²) in [6.07, 6.45) is 7.52. The van der Waals surface area contributed by atoms with E-state index in [9.17, 15) is 4.79 Å². The zero-order chi connectivity index (χ0) is 16.3. The van der Waals surface area contributed by atoms with E-state index >= 15 is 0 Å². The molecule has 2 aliphatic rings. The molecule has 1 atom stereocenters. The van der Waals surface area contributed by atoms with Crippen LogP contribution in [0.2, 0.25) is 0 Å². The molecule has 3 heteroatoms. The predicted octanol–water partition coefficient (Wildman–Crippen LogP) is 3.31. The SMILES string of the molecule is Cc1cccc(CC2(NC(=O)CC[C@H]3CCCN(C)C3)CC2)c1. The standard InChI is InChI=1S/C20H30N2O/c1-16-5-3-6-18(13-16)14-20(10-11-20)21-19(23)9-8-17-7-4-12-22(2)15-17/h3,5-6,13,17H,4,7-12,14-15H2,1-2H3,(H,21,23)/t17-/m1/s1. The molecular weight excluding hydrogens is 284 g/mol. The van der Waals surface area contributed by atoms with E-state index in [0.717, 1.165) is 32.2 Å². The number of aryl methyl sites for hydroxylation is 1. The molecule has 1 heterocycles. The fourth-order valence-corrected chi connectivity index (χ4v) is 3.91. The van der Waals surface area contributed by atoms with E-state index in [1.165, 1.54) is 30.5 Å². The van der Waals surface area contributed by atoms with Gasteiger partial charge in [-0.1, -0.05) is 29.8 Å². The normalized spacial score (nSPS) is 23.5. The molecule has 0 radical (unpaired) electrons. The lowest BCUT2D eigenvalue weighted by Crippen LogP contribution is -2.39. The lowest BCUT2D eigenvalue weighted by atomic mass is 9.93. The second kappa shape index (κ2) is 7.04. The number of piperidine rings is 1. The molecule has 2 fully saturated rings. The van der Waals surface area contributed by atoms with Crippen LogP contribution in [-0.4, -0.2) is 36.5 Å². The number of likely N-dealkylation sites (tertiary alicyclic amines) is 1. The Hall–Kier alpha value is -1.35. The Morgan fingerprint density at radius 2 is 2.22 bits per heavy atom. The van der Waals surface area contributed by atoms with Crippen LogP contribution in [0, 0.1) is 12.8 Å². The molecule has 0 unspecified atom stereocenters. The average molecular weight is 314 g/mol. The lowest BCUT2D eigenvalue weighted by Gasteiger charge is -2.29. The van der Waals surface area contributed by atoms with Gasteiger partial charge in [0.15, 0.2) is 0 Å². The number of nitrogens with zero attached hydrogens (tertiary/aromatic N) is 1. The van der Waals surface area contributed by atoms with Crippen LogP contribution in [0.4, 0.5) is 0 Å². The molecule has 0 bridgehead atoms. The number of hydrogen-bond acceptors (Lipinski definition) is 2. The molecule has 3 rings (SSSR count). The fourth-order valence-electron chi connectivity index (χ4n) is 3.91. The van der Waals surface area contributed by atoms with Crippen molar-refractivity contribution in [3.63, 3.8) is 0 Å². The highest BCUT2D eigenvalue weighted by Gasteiger charge is 2.43. The van der Waals surface area contributed by atoms with Gasteiger partial charge >= 0.3 is 0 Å². The molecule has 1 N–H and O–H groups in total. The molecule has 1 aliphatic carbocycles. The van der Waals surface area contributed by atoms with Gasteiger partial charge in [0.1, 0.15) is 0 Å². The zero-order valence-corrected chi connectivity index (χ0v) is 14.6. The first-order valence-electron chi connectivity index (χ1n) is 9.10. The van der Waals surface area contributed by atoms with Crippen molar-refractivity contribution in [2.45, 2.75) is 57.4 Å². The summed E-state index contributed by atoms with van der Waals surface area (Å²) < 4.78 is 0. The third kappa shape index (κ3) is 4.81. The van der Waals surface area contributed by atoms with Crippen LogP contribution in [0.3, 0.4) is 0 Å². The van der Waals surface area contributed by atoms with E-state index in [0.29, 0.717) is 12.3 Å². The molecule has 1 aromatic rings. The number of carbonyl (C=O) groups excluding carboxylic acids is 1. The summed E-state index contributed by atoms with van der Waals surface area (Å²) in [6, 6.07) is 8.66. The summed E-state index contributed by atoms with van der Waals surface area (Å²) in [5, 5.41) is 3.33. The van der Waals surface area contributed by atoms with Crippen molar-refractivity contribution in [2.24, 2.45) is 5.92 Å². The second-order valence-corrected chi connectivity index (χ2v) is 7.80. The van der Waals surface area contributed by atoms with Gasteiger partial charge in [0.25, 0.3) is 0 Å². The van der Waals surface area contributed by atoms with Crippen molar-refractivity contribution in [1.82, 2.24) is 10.2 Å². The highest BCUT2D eigenvalue weighted by atomic mass is 16.1. The van der Waals surface area contributed by atoms with Gasteiger partial charge in [0, 0.05) is 18.5 Å². The average Bonchev–Trinajstić information content (AvgIpc) is 3.24. The number of nitrogens with one attached hydrogen (secondary N) is 1. The zero-order valence-electron chi connectivity index (χ0n) is 14.6. The predicted molar refractivity (Wildman–Crippen MR) is 94.4 cm³/mol. The molecule has 3 nitrogen and oxygen atoms in total. The van der Waals surface area contributed by atoms with Gasteiger partial charge in [-0.05, 0) is 70.5 Å². The number of benzene rings is 1. The molecule has 23 heavy (non-hydrogen) atoms. The van der Waals surface area contributed by atoms with E-state index in [-0.39, 0.29) is 11.4 Å². The third-order valence-electron chi connectivity index (χ3n) is 5.38. The van der Waals surface area contributed by atoms with Crippen molar-refractivity contribution in [2.75, 3.05) is 20.1 Å². The van der Waals surface area contributed by atoms with E-state index in [2.05, 4.69) is 48.5 Å². The van der Waals surface area contributed by atoms with E-state index in [1.807, 2.05) is 0 Å². The molecule has 0 aromatic heterocycles. The van der Waals surface area contributed by atoms with Gasteiger partial charge in [-0.3, -0.25) is 4.79 Å². The summed E-state index contributed by atoms with van der Waals surface area (Å²) in [4.78, 5) is 14.8. The Morgan fingerprint density at radius 3 is 2.91 bits per heavy atom. The van der Waals surface area contributed by atoms with Crippen LogP contribution in [0.25, 0.3) is 0 Å². The molecule has 1 saturated carbocycles. The maximum absolute atomic E-state index is 12.4. The summed E-state index contributed by atoms with van der Waals surface area (Å²) in [7, 11) is 2.19. The number of carbonyl (C=O) groups is 1. The summed E-state index contributed by atoms with van der Waals surface area (Å²) in [5.74, 6) is 0.954. The first kappa shape index (κ1) is 16.5. The Bertz CT molecular complexity index is 550. The molecule has 1 amide bonds. The topological polar surface area (TPSA) is 32.3 Å². The van der Waals surface area contributed by atoms with Gasteiger partial charge in [-0.2, -0.15) is 0 Å². The molecule has 1 aromatic carbocycles. The lowest BCUT2D eigenvalue weighted by molar-refractivity contribution is -0.122. The Labute approximate surface area is 140 Å². The van der Waals surface area contributed by atoms with Crippen LogP contribution in [0.1, 0.15) is 49.7 Å². The van der Waals surface area contributed by atoms with E-state index in [1.54, 1.807) is 0 Å². The molecule has 1 aliphatic heterocycles. The minimum Gasteiger partial charge on any atom is -0.350 e. The molecular formula is C20H30N2O. The molecule has 1 saturated heterocycles. The van der Waals surface area contributed by atoms with Crippen molar-refractivity contribution in [3.05, 3.63) is 35.4 Å². The fraction of sp³-hybridized carbons (Fsp3) is 0.650. The van der Waals surface area contributed by atoms with Crippen LogP contribution in [0.5, 0.6) is 0 Å². The first-order valence-corrected chi connectivity index (χ1v) is 9.10. The van der Waals surface area contributed by atoms with Gasteiger partial charge in [-0.25, -0.2) is 0 Å².